The minimum absolute atomic E-state index is 0.0926. The van der Waals surface area contributed by atoms with Gasteiger partial charge in [-0.15, -0.1) is 0 Å². The number of pyridine rings is 1. The molecule has 1 aromatic heterocycles. The van der Waals surface area contributed by atoms with Crippen molar-refractivity contribution in [3.8, 4) is 0 Å². The zero-order valence-electron chi connectivity index (χ0n) is 16.7. The van der Waals surface area contributed by atoms with E-state index in [1.54, 1.807) is 4.90 Å². The molecule has 0 N–H and O–H groups in total. The number of likely N-dealkylation sites (N-methyl/N-ethyl adjacent to an activating group) is 1. The van der Waals surface area contributed by atoms with Crippen molar-refractivity contribution in [3.05, 3.63) is 90.3 Å². The van der Waals surface area contributed by atoms with Gasteiger partial charge in [-0.25, -0.2) is 4.98 Å². The van der Waals surface area contributed by atoms with Crippen molar-refractivity contribution in [1.29, 1.82) is 0 Å². The van der Waals surface area contributed by atoms with E-state index in [0.29, 0.717) is 12.2 Å². The fourth-order valence-electron chi connectivity index (χ4n) is 3.56. The first-order valence-corrected chi connectivity index (χ1v) is 10.0. The van der Waals surface area contributed by atoms with Crippen LogP contribution in [-0.2, 0) is 6.54 Å². The van der Waals surface area contributed by atoms with Crippen LogP contribution in [-0.4, -0.2) is 49.0 Å². The summed E-state index contributed by atoms with van der Waals surface area (Å²) in [5, 5.41) is 0. The van der Waals surface area contributed by atoms with Crippen LogP contribution in [0.1, 0.15) is 16.1 Å². The average molecular weight is 386 g/mol. The van der Waals surface area contributed by atoms with E-state index in [9.17, 15) is 4.79 Å². The third-order valence-electron chi connectivity index (χ3n) is 5.33. The van der Waals surface area contributed by atoms with Gasteiger partial charge in [-0.1, -0.05) is 48.5 Å². The summed E-state index contributed by atoms with van der Waals surface area (Å²) in [7, 11) is 2.14. The van der Waals surface area contributed by atoms with Gasteiger partial charge in [0.1, 0.15) is 5.69 Å². The van der Waals surface area contributed by atoms with E-state index in [-0.39, 0.29) is 5.91 Å². The summed E-state index contributed by atoms with van der Waals surface area (Å²) in [5.74, 6) is -0.0926. The molecule has 29 heavy (non-hydrogen) atoms. The summed E-state index contributed by atoms with van der Waals surface area (Å²) in [6.07, 6.45) is 1.82. The molecule has 0 aliphatic carbocycles. The first-order valence-electron chi connectivity index (χ1n) is 10.0. The molecule has 0 atom stereocenters. The number of carbonyl (C=O) groups excluding carboxylic acids is 1. The average Bonchev–Trinajstić information content (AvgIpc) is 2.79. The van der Waals surface area contributed by atoms with E-state index < -0.39 is 0 Å². The molecule has 4 rings (SSSR count). The summed E-state index contributed by atoms with van der Waals surface area (Å²) >= 11 is 0. The Morgan fingerprint density at radius 3 is 2.17 bits per heavy atom. The molecule has 1 fully saturated rings. The topological polar surface area (TPSA) is 39.7 Å². The first kappa shape index (κ1) is 19.2. The fourth-order valence-corrected chi connectivity index (χ4v) is 3.56. The second-order valence-electron chi connectivity index (χ2n) is 7.40. The van der Waals surface area contributed by atoms with Crippen molar-refractivity contribution in [1.82, 2.24) is 9.88 Å². The van der Waals surface area contributed by atoms with E-state index in [2.05, 4.69) is 21.8 Å². The highest BCUT2D eigenvalue weighted by molar-refractivity contribution is 6.04. The molecule has 0 unspecified atom stereocenters. The van der Waals surface area contributed by atoms with Crippen LogP contribution in [0.15, 0.2) is 79.0 Å². The van der Waals surface area contributed by atoms with Gasteiger partial charge in [0, 0.05) is 31.9 Å². The number of carbonyl (C=O) groups is 1. The largest absolute Gasteiger partial charge is 0.368 e. The molecular formula is C24H26N4O. The van der Waals surface area contributed by atoms with Gasteiger partial charge in [-0.2, -0.15) is 0 Å². The summed E-state index contributed by atoms with van der Waals surface area (Å²) in [6, 6.07) is 23.7. The fraction of sp³-hybridized carbons (Fsp3) is 0.250. The van der Waals surface area contributed by atoms with E-state index in [0.717, 1.165) is 43.1 Å². The Morgan fingerprint density at radius 1 is 0.897 bits per heavy atom. The Balaban J connectivity index is 1.55. The van der Waals surface area contributed by atoms with Gasteiger partial charge in [-0.3, -0.25) is 4.79 Å². The lowest BCUT2D eigenvalue weighted by Crippen LogP contribution is -2.44. The highest BCUT2D eigenvalue weighted by Crippen LogP contribution is 2.21. The summed E-state index contributed by atoms with van der Waals surface area (Å²) in [4.78, 5) is 24.3. The van der Waals surface area contributed by atoms with Crippen LogP contribution in [0.3, 0.4) is 0 Å². The van der Waals surface area contributed by atoms with Crippen LogP contribution in [0.5, 0.6) is 0 Å². The number of nitrogens with zero attached hydrogens (tertiary/aromatic N) is 4. The van der Waals surface area contributed by atoms with Crippen LogP contribution < -0.4 is 9.80 Å². The molecule has 1 amide bonds. The standard InChI is InChI=1S/C24H26N4O/c1-26-14-16-27(17-15-26)22-12-13-23(25-18-22)24(29)28(21-10-6-3-7-11-21)19-20-8-4-2-5-9-20/h2-13,18H,14-17,19H2,1H3. The molecule has 2 heterocycles. The zero-order chi connectivity index (χ0) is 20.1. The van der Waals surface area contributed by atoms with Crippen LogP contribution in [0.2, 0.25) is 0 Å². The van der Waals surface area contributed by atoms with Gasteiger partial charge in [0.25, 0.3) is 5.91 Å². The second kappa shape index (κ2) is 8.88. The number of rotatable bonds is 5. The van der Waals surface area contributed by atoms with Gasteiger partial charge in [0.2, 0.25) is 0 Å². The third-order valence-corrected chi connectivity index (χ3v) is 5.33. The Morgan fingerprint density at radius 2 is 1.55 bits per heavy atom. The number of anilines is 2. The molecule has 3 aromatic rings. The van der Waals surface area contributed by atoms with Crippen LogP contribution >= 0.6 is 0 Å². The summed E-state index contributed by atoms with van der Waals surface area (Å²) in [6.45, 7) is 4.55. The van der Waals surface area contributed by atoms with Crippen molar-refractivity contribution in [3.63, 3.8) is 0 Å². The van der Waals surface area contributed by atoms with Crippen molar-refractivity contribution in [2.24, 2.45) is 0 Å². The van der Waals surface area contributed by atoms with Crippen molar-refractivity contribution in [2.75, 3.05) is 43.0 Å². The Hall–Kier alpha value is -3.18. The summed E-state index contributed by atoms with van der Waals surface area (Å²) in [5.41, 5.74) is 3.48. The number of hydrogen-bond acceptors (Lipinski definition) is 4. The molecule has 5 heteroatoms. The van der Waals surface area contributed by atoms with Crippen molar-refractivity contribution in [2.45, 2.75) is 6.54 Å². The molecule has 0 spiro atoms. The summed E-state index contributed by atoms with van der Waals surface area (Å²) < 4.78 is 0. The van der Waals surface area contributed by atoms with Gasteiger partial charge < -0.3 is 14.7 Å². The van der Waals surface area contributed by atoms with Crippen LogP contribution in [0.4, 0.5) is 11.4 Å². The highest BCUT2D eigenvalue weighted by atomic mass is 16.2. The molecule has 148 valence electrons. The lowest BCUT2D eigenvalue weighted by atomic mass is 10.1. The van der Waals surface area contributed by atoms with Gasteiger partial charge in [-0.05, 0) is 36.9 Å². The molecular weight excluding hydrogens is 360 g/mol. The maximum absolute atomic E-state index is 13.3. The number of hydrogen-bond donors (Lipinski definition) is 0. The Kier molecular flexibility index (Phi) is 5.86. The van der Waals surface area contributed by atoms with Crippen LogP contribution in [0.25, 0.3) is 0 Å². The van der Waals surface area contributed by atoms with E-state index >= 15 is 0 Å². The third kappa shape index (κ3) is 4.63. The minimum Gasteiger partial charge on any atom is -0.368 e. The number of benzene rings is 2. The normalized spacial score (nSPS) is 14.6. The Bertz CT molecular complexity index is 920. The van der Waals surface area contributed by atoms with E-state index in [1.165, 1.54) is 0 Å². The SMILES string of the molecule is CN1CCN(c2ccc(C(=O)N(Cc3ccccc3)c3ccccc3)nc2)CC1. The van der Waals surface area contributed by atoms with Crippen molar-refractivity contribution >= 4 is 17.3 Å². The molecule has 0 bridgehead atoms. The number of aromatic nitrogens is 1. The molecule has 0 radical (unpaired) electrons. The zero-order valence-corrected chi connectivity index (χ0v) is 16.7. The Labute approximate surface area is 172 Å². The number of amides is 1. The quantitative estimate of drug-likeness (QED) is 0.671. The molecule has 1 saturated heterocycles. The van der Waals surface area contributed by atoms with Gasteiger partial charge in [0.15, 0.2) is 0 Å². The first-order chi connectivity index (χ1) is 14.2. The number of para-hydroxylation sites is 1. The van der Waals surface area contributed by atoms with E-state index in [4.69, 9.17) is 0 Å². The molecule has 2 aromatic carbocycles. The lowest BCUT2D eigenvalue weighted by Gasteiger charge is -2.33. The highest BCUT2D eigenvalue weighted by Gasteiger charge is 2.20. The monoisotopic (exact) mass is 386 g/mol. The predicted molar refractivity (Wildman–Crippen MR) is 117 cm³/mol. The minimum atomic E-state index is -0.0926. The van der Waals surface area contributed by atoms with Gasteiger partial charge >= 0.3 is 0 Å². The molecule has 5 nitrogen and oxygen atoms in total. The number of piperazine rings is 1. The smallest absolute Gasteiger partial charge is 0.277 e. The second-order valence-corrected chi connectivity index (χ2v) is 7.40. The van der Waals surface area contributed by atoms with E-state index in [1.807, 2.05) is 79.0 Å². The molecule has 1 aliphatic heterocycles. The van der Waals surface area contributed by atoms with Crippen molar-refractivity contribution < 1.29 is 4.79 Å². The molecule has 0 saturated carbocycles. The van der Waals surface area contributed by atoms with Gasteiger partial charge in [0.05, 0.1) is 18.4 Å². The maximum Gasteiger partial charge on any atom is 0.277 e. The lowest BCUT2D eigenvalue weighted by molar-refractivity contribution is 0.0980. The maximum atomic E-state index is 13.3. The predicted octanol–water partition coefficient (Wildman–Crippen LogP) is 3.68. The van der Waals surface area contributed by atoms with Crippen LogP contribution in [0, 0.1) is 0 Å². The molecule has 1 aliphatic rings.